The summed E-state index contributed by atoms with van der Waals surface area (Å²) in [6.45, 7) is 0. The summed E-state index contributed by atoms with van der Waals surface area (Å²) in [5, 5.41) is 3.11. The van der Waals surface area contributed by atoms with Gasteiger partial charge in [0.2, 0.25) is 10.0 Å². The average molecular weight is 339 g/mol. The largest absolute Gasteiger partial charge is 0.322 e. The summed E-state index contributed by atoms with van der Waals surface area (Å²) >= 11 is 5.85. The van der Waals surface area contributed by atoms with Crippen LogP contribution in [-0.2, 0) is 10.0 Å². The second-order valence-electron chi connectivity index (χ2n) is 4.78. The van der Waals surface area contributed by atoms with Gasteiger partial charge in [-0.1, -0.05) is 23.7 Å². The molecule has 0 atom stereocenters. The van der Waals surface area contributed by atoms with Crippen molar-refractivity contribution < 1.29 is 13.2 Å². The van der Waals surface area contributed by atoms with Crippen LogP contribution in [-0.4, -0.2) is 32.7 Å². The van der Waals surface area contributed by atoms with E-state index in [1.807, 2.05) is 0 Å². The predicted octanol–water partition coefficient (Wildman–Crippen LogP) is 2.84. The summed E-state index contributed by atoms with van der Waals surface area (Å²) in [5.41, 5.74) is 0.793. The Bertz CT molecular complexity index is 804. The number of halogens is 1. The Morgan fingerprint density at radius 2 is 1.77 bits per heavy atom. The lowest BCUT2D eigenvalue weighted by molar-refractivity contribution is 0.102. The van der Waals surface area contributed by atoms with Gasteiger partial charge in [0.15, 0.2) is 0 Å². The fourth-order valence-corrected chi connectivity index (χ4v) is 2.92. The van der Waals surface area contributed by atoms with Gasteiger partial charge in [-0.15, -0.1) is 0 Å². The molecule has 1 amide bonds. The lowest BCUT2D eigenvalue weighted by atomic mass is 10.2. The molecule has 0 radical (unpaired) electrons. The number of benzene rings is 2. The molecule has 2 rings (SSSR count). The number of hydrogen-bond donors (Lipinski definition) is 1. The molecule has 22 heavy (non-hydrogen) atoms. The molecule has 0 saturated heterocycles. The second kappa shape index (κ2) is 6.48. The highest BCUT2D eigenvalue weighted by atomic mass is 35.5. The molecule has 0 spiro atoms. The molecular formula is C15H15ClN2O3S. The van der Waals surface area contributed by atoms with Gasteiger partial charge in [-0.2, -0.15) is 0 Å². The molecule has 7 heteroatoms. The Hall–Kier alpha value is -1.89. The zero-order valence-electron chi connectivity index (χ0n) is 12.1. The van der Waals surface area contributed by atoms with Crippen molar-refractivity contribution in [3.63, 3.8) is 0 Å². The highest BCUT2D eigenvalue weighted by molar-refractivity contribution is 7.89. The van der Waals surface area contributed by atoms with Gasteiger partial charge in [0, 0.05) is 30.4 Å². The van der Waals surface area contributed by atoms with Gasteiger partial charge in [-0.05, 0) is 36.4 Å². The molecule has 0 aromatic heterocycles. The lowest BCUT2D eigenvalue weighted by Crippen LogP contribution is -2.22. The molecular weight excluding hydrogens is 324 g/mol. The number of nitrogens with zero attached hydrogens (tertiary/aromatic N) is 1. The number of carbonyl (C=O) groups is 1. The molecule has 0 fully saturated rings. The second-order valence-corrected chi connectivity index (χ2v) is 7.37. The van der Waals surface area contributed by atoms with Crippen molar-refractivity contribution in [2.24, 2.45) is 0 Å². The van der Waals surface area contributed by atoms with Crippen molar-refractivity contribution in [2.45, 2.75) is 4.90 Å². The Kier molecular flexibility index (Phi) is 4.85. The number of hydrogen-bond acceptors (Lipinski definition) is 3. The number of amides is 1. The van der Waals surface area contributed by atoms with Crippen LogP contribution in [0.4, 0.5) is 5.69 Å². The van der Waals surface area contributed by atoms with Gasteiger partial charge in [-0.25, -0.2) is 12.7 Å². The number of anilines is 1. The van der Waals surface area contributed by atoms with E-state index in [0.29, 0.717) is 16.3 Å². The summed E-state index contributed by atoms with van der Waals surface area (Å²) in [5.74, 6) is -0.359. The van der Waals surface area contributed by atoms with Crippen molar-refractivity contribution in [3.05, 3.63) is 59.1 Å². The van der Waals surface area contributed by atoms with Crippen LogP contribution >= 0.6 is 11.6 Å². The summed E-state index contributed by atoms with van der Waals surface area (Å²) in [4.78, 5) is 12.2. The summed E-state index contributed by atoms with van der Waals surface area (Å²) in [7, 11) is -0.644. The molecule has 0 heterocycles. The van der Waals surface area contributed by atoms with Crippen LogP contribution in [0.2, 0.25) is 5.02 Å². The SMILES string of the molecule is CN(C)S(=O)(=O)c1cccc(NC(=O)c2cccc(Cl)c2)c1. The van der Waals surface area contributed by atoms with Crippen molar-refractivity contribution in [3.8, 4) is 0 Å². The fourth-order valence-electron chi connectivity index (χ4n) is 1.78. The van der Waals surface area contributed by atoms with E-state index in [4.69, 9.17) is 11.6 Å². The highest BCUT2D eigenvalue weighted by Gasteiger charge is 2.17. The molecule has 2 aromatic rings. The predicted molar refractivity (Wildman–Crippen MR) is 86.7 cm³/mol. The first kappa shape index (κ1) is 16.5. The minimum absolute atomic E-state index is 0.112. The normalized spacial score (nSPS) is 11.5. The van der Waals surface area contributed by atoms with Gasteiger partial charge in [0.1, 0.15) is 0 Å². The van der Waals surface area contributed by atoms with Gasteiger partial charge in [-0.3, -0.25) is 4.79 Å². The van der Waals surface area contributed by atoms with Crippen LogP contribution in [0, 0.1) is 0 Å². The molecule has 0 unspecified atom stereocenters. The molecule has 0 aliphatic carbocycles. The van der Waals surface area contributed by atoms with Crippen LogP contribution in [0.1, 0.15) is 10.4 Å². The van der Waals surface area contributed by atoms with Gasteiger partial charge >= 0.3 is 0 Å². The number of rotatable bonds is 4. The van der Waals surface area contributed by atoms with E-state index < -0.39 is 10.0 Å². The maximum Gasteiger partial charge on any atom is 0.255 e. The van der Waals surface area contributed by atoms with E-state index in [1.54, 1.807) is 30.3 Å². The third-order valence-corrected chi connectivity index (χ3v) is 5.00. The quantitative estimate of drug-likeness (QED) is 0.932. The maximum atomic E-state index is 12.1. The summed E-state index contributed by atoms with van der Waals surface area (Å²) < 4.78 is 25.3. The zero-order chi connectivity index (χ0) is 16.3. The van der Waals surface area contributed by atoms with E-state index in [2.05, 4.69) is 5.32 Å². The fraction of sp³-hybridized carbons (Fsp3) is 0.133. The van der Waals surface area contributed by atoms with Crippen LogP contribution in [0.3, 0.4) is 0 Å². The first-order chi connectivity index (χ1) is 10.3. The monoisotopic (exact) mass is 338 g/mol. The topological polar surface area (TPSA) is 66.5 Å². The van der Waals surface area contributed by atoms with Crippen molar-refractivity contribution >= 4 is 33.2 Å². The number of sulfonamides is 1. The van der Waals surface area contributed by atoms with Gasteiger partial charge in [0.25, 0.3) is 5.91 Å². The Morgan fingerprint density at radius 3 is 2.41 bits per heavy atom. The number of nitrogens with one attached hydrogen (secondary N) is 1. The smallest absolute Gasteiger partial charge is 0.255 e. The van der Waals surface area contributed by atoms with E-state index >= 15 is 0 Å². The molecule has 0 bridgehead atoms. The first-order valence-corrected chi connectivity index (χ1v) is 8.22. The maximum absolute atomic E-state index is 12.1. The third-order valence-electron chi connectivity index (χ3n) is 2.96. The van der Waals surface area contributed by atoms with Crippen LogP contribution in [0.25, 0.3) is 0 Å². The average Bonchev–Trinajstić information content (AvgIpc) is 2.47. The Labute approximate surface area is 134 Å². The van der Waals surface area contributed by atoms with E-state index in [9.17, 15) is 13.2 Å². The molecule has 0 aliphatic heterocycles. The van der Waals surface area contributed by atoms with Crippen LogP contribution < -0.4 is 5.32 Å². The molecule has 0 saturated carbocycles. The molecule has 116 valence electrons. The lowest BCUT2D eigenvalue weighted by Gasteiger charge is -2.12. The van der Waals surface area contributed by atoms with Crippen molar-refractivity contribution in [1.29, 1.82) is 0 Å². The Morgan fingerprint density at radius 1 is 1.09 bits per heavy atom. The van der Waals surface area contributed by atoms with Gasteiger partial charge < -0.3 is 5.32 Å². The molecule has 0 aliphatic rings. The van der Waals surface area contributed by atoms with Crippen LogP contribution in [0.15, 0.2) is 53.4 Å². The molecule has 2 aromatic carbocycles. The molecule has 5 nitrogen and oxygen atoms in total. The van der Waals surface area contributed by atoms with Crippen molar-refractivity contribution in [2.75, 3.05) is 19.4 Å². The van der Waals surface area contributed by atoms with Crippen molar-refractivity contribution in [1.82, 2.24) is 4.31 Å². The first-order valence-electron chi connectivity index (χ1n) is 6.40. The van der Waals surface area contributed by atoms with E-state index in [1.165, 1.54) is 32.3 Å². The van der Waals surface area contributed by atoms with Crippen LogP contribution in [0.5, 0.6) is 0 Å². The van der Waals surface area contributed by atoms with Gasteiger partial charge in [0.05, 0.1) is 4.90 Å². The highest BCUT2D eigenvalue weighted by Crippen LogP contribution is 2.19. The summed E-state index contributed by atoms with van der Waals surface area (Å²) in [6.07, 6.45) is 0. The minimum atomic E-state index is -3.55. The number of carbonyl (C=O) groups excluding carboxylic acids is 1. The van der Waals surface area contributed by atoms with E-state index in [-0.39, 0.29) is 10.8 Å². The van der Waals surface area contributed by atoms with E-state index in [0.717, 1.165) is 4.31 Å². The third kappa shape index (κ3) is 3.65. The standard InChI is InChI=1S/C15H15ClN2O3S/c1-18(2)22(20,21)14-8-4-7-13(10-14)17-15(19)11-5-3-6-12(16)9-11/h3-10H,1-2H3,(H,17,19). The zero-order valence-corrected chi connectivity index (χ0v) is 13.6. The minimum Gasteiger partial charge on any atom is -0.322 e. The summed E-state index contributed by atoms with van der Waals surface area (Å²) in [6, 6.07) is 12.6. The molecule has 1 N–H and O–H groups in total. The Balaban J connectivity index is 2.26.